The molecule has 6 heteroatoms. The molecule has 0 aliphatic heterocycles. The number of halogens is 1. The van der Waals surface area contributed by atoms with Gasteiger partial charge in [-0.05, 0) is 28.1 Å². The molecule has 2 aromatic rings. The van der Waals surface area contributed by atoms with Gasteiger partial charge in [-0.25, -0.2) is 0 Å². The van der Waals surface area contributed by atoms with Crippen LogP contribution in [0.3, 0.4) is 0 Å². The highest BCUT2D eigenvalue weighted by Crippen LogP contribution is 2.26. The van der Waals surface area contributed by atoms with Crippen LogP contribution in [0.5, 0.6) is 0 Å². The van der Waals surface area contributed by atoms with Gasteiger partial charge in [0, 0.05) is 4.47 Å². The van der Waals surface area contributed by atoms with E-state index in [1.165, 1.54) is 0 Å². The summed E-state index contributed by atoms with van der Waals surface area (Å²) in [6, 6.07) is 6.89. The lowest BCUT2D eigenvalue weighted by Gasteiger charge is -1.99. The number of aliphatic hydroxyl groups is 1. The average molecular weight is 284 g/mol. The topological polar surface area (TPSA) is 85.2 Å². The molecule has 16 heavy (non-hydrogen) atoms. The van der Waals surface area contributed by atoms with Crippen molar-refractivity contribution in [1.82, 2.24) is 10.1 Å². The molecule has 1 atom stereocenters. The van der Waals surface area contributed by atoms with Crippen molar-refractivity contribution < 1.29 is 9.63 Å². The van der Waals surface area contributed by atoms with Crippen molar-refractivity contribution in [2.24, 2.45) is 5.73 Å². The van der Waals surface area contributed by atoms with E-state index >= 15 is 0 Å². The Kier molecular flexibility index (Phi) is 3.33. The van der Waals surface area contributed by atoms with Crippen LogP contribution >= 0.6 is 15.9 Å². The molecule has 0 aliphatic rings. The summed E-state index contributed by atoms with van der Waals surface area (Å²) in [6.45, 7) is -0.213. The van der Waals surface area contributed by atoms with Crippen molar-refractivity contribution in [3.05, 3.63) is 34.6 Å². The highest BCUT2D eigenvalue weighted by molar-refractivity contribution is 9.10. The Balaban J connectivity index is 2.35. The van der Waals surface area contributed by atoms with Gasteiger partial charge in [0.2, 0.25) is 0 Å². The Morgan fingerprint density at radius 2 is 2.19 bits per heavy atom. The van der Waals surface area contributed by atoms with Gasteiger partial charge in [0.1, 0.15) is 0 Å². The van der Waals surface area contributed by atoms with Crippen LogP contribution < -0.4 is 5.73 Å². The van der Waals surface area contributed by atoms with E-state index in [-0.39, 0.29) is 6.61 Å². The quantitative estimate of drug-likeness (QED) is 0.892. The number of aromatic nitrogens is 2. The molecular weight excluding hydrogens is 274 g/mol. The van der Waals surface area contributed by atoms with Gasteiger partial charge in [0.15, 0.2) is 5.82 Å². The number of nitrogens with two attached hydrogens (primary N) is 1. The first kappa shape index (κ1) is 11.3. The lowest BCUT2D eigenvalue weighted by molar-refractivity contribution is 0.260. The first-order valence-corrected chi connectivity index (χ1v) is 5.46. The van der Waals surface area contributed by atoms with Crippen molar-refractivity contribution >= 4 is 15.9 Å². The molecule has 0 fully saturated rings. The maximum atomic E-state index is 8.87. The van der Waals surface area contributed by atoms with E-state index in [2.05, 4.69) is 26.1 Å². The van der Waals surface area contributed by atoms with Crippen molar-refractivity contribution in [3.63, 3.8) is 0 Å². The number of aliphatic hydroxyl groups excluding tert-OH is 1. The van der Waals surface area contributed by atoms with Crippen molar-refractivity contribution in [3.8, 4) is 11.5 Å². The van der Waals surface area contributed by atoms with Crippen molar-refractivity contribution in [1.29, 1.82) is 0 Å². The zero-order chi connectivity index (χ0) is 11.5. The van der Waals surface area contributed by atoms with E-state index in [1.54, 1.807) is 0 Å². The van der Waals surface area contributed by atoms with Crippen LogP contribution in [0.2, 0.25) is 0 Å². The molecule has 0 radical (unpaired) electrons. The van der Waals surface area contributed by atoms with Crippen LogP contribution in [-0.4, -0.2) is 21.9 Å². The fraction of sp³-hybridized carbons (Fsp3) is 0.200. The zero-order valence-corrected chi connectivity index (χ0v) is 9.89. The molecule has 2 rings (SSSR count). The Bertz CT molecular complexity index is 486. The van der Waals surface area contributed by atoms with E-state index in [1.807, 2.05) is 24.3 Å². The summed E-state index contributed by atoms with van der Waals surface area (Å²) < 4.78 is 5.94. The summed E-state index contributed by atoms with van der Waals surface area (Å²) >= 11 is 3.39. The molecule has 3 N–H and O–H groups in total. The third-order valence-electron chi connectivity index (χ3n) is 2.07. The van der Waals surface area contributed by atoms with Crippen LogP contribution in [0.25, 0.3) is 11.5 Å². The number of benzene rings is 1. The minimum absolute atomic E-state index is 0.213. The van der Waals surface area contributed by atoms with Gasteiger partial charge in [0.25, 0.3) is 5.89 Å². The minimum atomic E-state index is -0.611. The Hall–Kier alpha value is -1.24. The Labute approximate surface area is 100 Å². The molecule has 0 aliphatic carbocycles. The fourth-order valence-corrected chi connectivity index (χ4v) is 1.67. The summed E-state index contributed by atoms with van der Waals surface area (Å²) in [4.78, 5) is 4.12. The number of hydrogen-bond acceptors (Lipinski definition) is 5. The van der Waals surface area contributed by atoms with E-state index in [9.17, 15) is 0 Å². The van der Waals surface area contributed by atoms with Gasteiger partial charge in [0.05, 0.1) is 18.2 Å². The molecule has 5 nitrogen and oxygen atoms in total. The van der Waals surface area contributed by atoms with E-state index in [0.717, 1.165) is 10.0 Å². The summed E-state index contributed by atoms with van der Waals surface area (Å²) in [6.07, 6.45) is 0. The van der Waals surface area contributed by atoms with E-state index in [4.69, 9.17) is 15.4 Å². The highest BCUT2D eigenvalue weighted by Gasteiger charge is 2.15. The Morgan fingerprint density at radius 3 is 2.88 bits per heavy atom. The summed E-state index contributed by atoms with van der Waals surface area (Å²) in [5.41, 5.74) is 6.37. The third kappa shape index (κ3) is 2.13. The van der Waals surface area contributed by atoms with Crippen molar-refractivity contribution in [2.75, 3.05) is 6.61 Å². The minimum Gasteiger partial charge on any atom is -0.394 e. The average Bonchev–Trinajstić information content (AvgIpc) is 2.78. The molecule has 84 valence electrons. The van der Waals surface area contributed by atoms with Gasteiger partial charge in [-0.3, -0.25) is 0 Å². The molecule has 0 bridgehead atoms. The van der Waals surface area contributed by atoms with Gasteiger partial charge in [-0.15, -0.1) is 0 Å². The fourth-order valence-electron chi connectivity index (χ4n) is 1.21. The molecule has 1 aromatic heterocycles. The standard InChI is InChI=1S/C10H10BrN3O2/c11-7-4-2-1-3-6(7)10-13-9(14-16-10)8(12)5-15/h1-4,8,15H,5,12H2. The van der Waals surface area contributed by atoms with E-state index in [0.29, 0.717) is 11.7 Å². The zero-order valence-electron chi connectivity index (χ0n) is 8.30. The number of rotatable bonds is 3. The smallest absolute Gasteiger partial charge is 0.259 e. The van der Waals surface area contributed by atoms with Gasteiger partial charge in [-0.1, -0.05) is 17.3 Å². The molecule has 1 heterocycles. The van der Waals surface area contributed by atoms with Gasteiger partial charge >= 0.3 is 0 Å². The lowest BCUT2D eigenvalue weighted by atomic mass is 10.2. The van der Waals surface area contributed by atoms with Crippen LogP contribution in [0, 0.1) is 0 Å². The van der Waals surface area contributed by atoms with Crippen LogP contribution in [0.4, 0.5) is 0 Å². The second-order valence-electron chi connectivity index (χ2n) is 3.23. The normalized spacial score (nSPS) is 12.7. The van der Waals surface area contributed by atoms with Crippen LogP contribution in [0.1, 0.15) is 11.9 Å². The molecule has 0 saturated carbocycles. The first-order valence-electron chi connectivity index (χ1n) is 4.67. The summed E-state index contributed by atoms with van der Waals surface area (Å²) in [7, 11) is 0. The van der Waals surface area contributed by atoms with E-state index < -0.39 is 6.04 Å². The molecular formula is C10H10BrN3O2. The van der Waals surface area contributed by atoms with Gasteiger partial charge in [-0.2, -0.15) is 4.98 Å². The first-order chi connectivity index (χ1) is 7.72. The van der Waals surface area contributed by atoms with Crippen molar-refractivity contribution in [2.45, 2.75) is 6.04 Å². The maximum absolute atomic E-state index is 8.87. The second-order valence-corrected chi connectivity index (χ2v) is 4.08. The molecule has 0 saturated heterocycles. The van der Waals surface area contributed by atoms with Gasteiger partial charge < -0.3 is 15.4 Å². The molecule has 1 unspecified atom stereocenters. The van der Waals surface area contributed by atoms with Crippen LogP contribution in [0.15, 0.2) is 33.3 Å². The molecule has 1 aromatic carbocycles. The second kappa shape index (κ2) is 4.73. The summed E-state index contributed by atoms with van der Waals surface area (Å²) in [5.74, 6) is 0.680. The SMILES string of the molecule is NC(CO)c1noc(-c2ccccc2Br)n1. The largest absolute Gasteiger partial charge is 0.394 e. The number of hydrogen-bond donors (Lipinski definition) is 2. The molecule has 0 spiro atoms. The maximum Gasteiger partial charge on any atom is 0.259 e. The monoisotopic (exact) mass is 283 g/mol. The molecule has 0 amide bonds. The number of nitrogens with zero attached hydrogens (tertiary/aromatic N) is 2. The predicted molar refractivity (Wildman–Crippen MR) is 61.4 cm³/mol. The third-order valence-corrected chi connectivity index (χ3v) is 2.77. The lowest BCUT2D eigenvalue weighted by Crippen LogP contribution is -2.15. The predicted octanol–water partition coefficient (Wildman–Crippen LogP) is 1.49. The Morgan fingerprint density at radius 1 is 1.44 bits per heavy atom. The highest BCUT2D eigenvalue weighted by atomic mass is 79.9. The van der Waals surface area contributed by atoms with Crippen LogP contribution in [-0.2, 0) is 0 Å². The summed E-state index contributed by atoms with van der Waals surface area (Å²) in [5, 5.41) is 12.6.